The maximum Gasteiger partial charge on any atom is 0.435 e. The number of alkyl halides is 3. The molecule has 2 rings (SSSR count). The van der Waals surface area contributed by atoms with Gasteiger partial charge in [0.05, 0.1) is 0 Å². The average molecular weight is 375 g/mol. The third-order valence-corrected chi connectivity index (χ3v) is 4.57. The Bertz CT molecular complexity index is 671. The maximum atomic E-state index is 12.8. The monoisotopic (exact) mass is 375 g/mol. The molecule has 0 aromatic carbocycles. The number of aromatic nitrogens is 2. The van der Waals surface area contributed by atoms with E-state index in [1.54, 1.807) is 0 Å². The number of aryl methyl sites for hydroxylation is 1. The van der Waals surface area contributed by atoms with Gasteiger partial charge >= 0.3 is 6.18 Å². The van der Waals surface area contributed by atoms with E-state index in [4.69, 9.17) is 0 Å². The van der Waals surface area contributed by atoms with Gasteiger partial charge in [0.1, 0.15) is 12.6 Å². The van der Waals surface area contributed by atoms with E-state index in [1.807, 2.05) is 13.8 Å². The minimum Gasteiger partial charge on any atom is -0.357 e. The van der Waals surface area contributed by atoms with Crippen LogP contribution in [0, 0.1) is 6.92 Å². The van der Waals surface area contributed by atoms with E-state index in [2.05, 4.69) is 15.3 Å². The molecule has 0 radical (unpaired) electrons. The zero-order valence-electron chi connectivity index (χ0n) is 15.3. The molecule has 1 aliphatic rings. The van der Waals surface area contributed by atoms with Crippen LogP contribution in [0.4, 0.5) is 13.2 Å². The lowest BCUT2D eigenvalue weighted by atomic mass is 10.1. The molecule has 1 atom stereocenters. The van der Waals surface area contributed by atoms with E-state index in [0.717, 1.165) is 10.7 Å². The number of carbonyl (C=O) groups is 2. The Balaban J connectivity index is 2.17. The van der Waals surface area contributed by atoms with E-state index in [9.17, 15) is 22.8 Å². The largest absolute Gasteiger partial charge is 0.435 e. The number of piperazine rings is 1. The fourth-order valence-electron chi connectivity index (χ4n) is 2.99. The van der Waals surface area contributed by atoms with Crippen LogP contribution in [0.5, 0.6) is 0 Å². The number of halogens is 3. The number of hydrogen-bond acceptors (Lipinski definition) is 4. The molecule has 1 aliphatic heterocycles. The Morgan fingerprint density at radius 3 is 2.50 bits per heavy atom. The fourth-order valence-corrected chi connectivity index (χ4v) is 2.99. The van der Waals surface area contributed by atoms with Crippen LogP contribution in [0.15, 0.2) is 6.07 Å². The summed E-state index contributed by atoms with van der Waals surface area (Å²) in [6, 6.07) is 0.448. The number of nitrogens with one attached hydrogen (secondary N) is 1. The third kappa shape index (κ3) is 4.35. The van der Waals surface area contributed by atoms with Gasteiger partial charge in [0.25, 0.3) is 0 Å². The summed E-state index contributed by atoms with van der Waals surface area (Å²) in [6.45, 7) is 6.45. The highest BCUT2D eigenvalue weighted by Crippen LogP contribution is 2.28. The highest BCUT2D eigenvalue weighted by atomic mass is 19.4. The zero-order chi connectivity index (χ0) is 19.6. The predicted molar refractivity (Wildman–Crippen MR) is 88.2 cm³/mol. The van der Waals surface area contributed by atoms with Gasteiger partial charge in [0.15, 0.2) is 5.69 Å². The lowest BCUT2D eigenvalue weighted by molar-refractivity contribution is -0.145. The first-order chi connectivity index (χ1) is 12.0. The molecule has 10 heteroatoms. The summed E-state index contributed by atoms with van der Waals surface area (Å²) < 4.78 is 39.4. The first-order valence-electron chi connectivity index (χ1n) is 8.41. The predicted octanol–water partition coefficient (Wildman–Crippen LogP) is 0.878. The van der Waals surface area contributed by atoms with E-state index >= 15 is 0 Å². The van der Waals surface area contributed by atoms with Gasteiger partial charge in [-0.1, -0.05) is 0 Å². The molecular weight excluding hydrogens is 351 g/mol. The normalized spacial score (nSPS) is 19.1. The molecule has 1 aromatic rings. The van der Waals surface area contributed by atoms with Gasteiger partial charge in [-0.25, -0.2) is 0 Å². The molecule has 0 spiro atoms. The van der Waals surface area contributed by atoms with Crippen molar-refractivity contribution < 1.29 is 22.8 Å². The summed E-state index contributed by atoms with van der Waals surface area (Å²) in [4.78, 5) is 28.4. The van der Waals surface area contributed by atoms with Gasteiger partial charge in [-0.15, -0.1) is 0 Å². The van der Waals surface area contributed by atoms with Crippen molar-refractivity contribution in [3.63, 3.8) is 0 Å². The second kappa shape index (κ2) is 7.65. The Morgan fingerprint density at radius 2 is 2.00 bits per heavy atom. The second-order valence-corrected chi connectivity index (χ2v) is 6.63. The van der Waals surface area contributed by atoms with Crippen molar-refractivity contribution in [2.24, 2.45) is 0 Å². The smallest absolute Gasteiger partial charge is 0.357 e. The lowest BCUT2D eigenvalue weighted by Gasteiger charge is -2.42. The molecule has 26 heavy (non-hydrogen) atoms. The molecule has 0 aliphatic carbocycles. The van der Waals surface area contributed by atoms with Crippen LogP contribution in [0.3, 0.4) is 0 Å². The van der Waals surface area contributed by atoms with E-state index < -0.39 is 23.8 Å². The molecule has 2 amide bonds. The van der Waals surface area contributed by atoms with Crippen LogP contribution >= 0.6 is 0 Å². The van der Waals surface area contributed by atoms with Gasteiger partial charge in [-0.05, 0) is 26.8 Å². The Morgan fingerprint density at radius 1 is 1.35 bits per heavy atom. The van der Waals surface area contributed by atoms with Gasteiger partial charge in [0.2, 0.25) is 11.8 Å². The third-order valence-electron chi connectivity index (χ3n) is 4.57. The second-order valence-electron chi connectivity index (χ2n) is 6.63. The average Bonchev–Trinajstić information content (AvgIpc) is 2.94. The van der Waals surface area contributed by atoms with Crippen LogP contribution in [-0.2, 0) is 22.3 Å². The fraction of sp³-hybridized carbons (Fsp3) is 0.688. The first kappa shape index (κ1) is 20.2. The molecule has 2 heterocycles. The number of carbonyl (C=O) groups excluding carboxylic acids is 2. The summed E-state index contributed by atoms with van der Waals surface area (Å²) in [5, 5.41) is 6.03. The zero-order valence-corrected chi connectivity index (χ0v) is 15.3. The number of likely N-dealkylation sites (N-methyl/N-ethyl adjacent to an activating group) is 1. The molecule has 0 saturated carbocycles. The summed E-state index contributed by atoms with van der Waals surface area (Å²) in [7, 11) is 1.49. The van der Waals surface area contributed by atoms with E-state index in [1.165, 1.54) is 18.9 Å². The molecular formula is C16H24F3N5O2. The lowest BCUT2D eigenvalue weighted by Crippen LogP contribution is -2.61. The minimum absolute atomic E-state index is 0.224. The van der Waals surface area contributed by atoms with E-state index in [0.29, 0.717) is 19.6 Å². The SMILES string of the molecule is CNC(=O)C1CN(C(C)C)CCN1C(=O)Cn1nc(C(F)(F)F)cc1C. The standard InChI is InChI=1S/C16H24F3N5O2/c1-10(2)22-5-6-23(12(8-22)15(26)20-4)14(25)9-24-11(3)7-13(21-24)16(17,18)19/h7,10,12H,5-6,8-9H2,1-4H3,(H,20,26). The first-order valence-corrected chi connectivity index (χ1v) is 8.41. The molecule has 0 bridgehead atoms. The summed E-state index contributed by atoms with van der Waals surface area (Å²) in [6.07, 6.45) is -4.56. The number of hydrogen-bond donors (Lipinski definition) is 1. The van der Waals surface area contributed by atoms with Crippen molar-refractivity contribution in [2.75, 3.05) is 26.7 Å². The van der Waals surface area contributed by atoms with Gasteiger partial charge in [0, 0.05) is 38.4 Å². The summed E-state index contributed by atoms with van der Waals surface area (Å²) >= 11 is 0. The van der Waals surface area contributed by atoms with Crippen molar-refractivity contribution >= 4 is 11.8 Å². The molecule has 1 fully saturated rings. The maximum absolute atomic E-state index is 12.8. The highest BCUT2D eigenvalue weighted by molar-refractivity contribution is 5.88. The van der Waals surface area contributed by atoms with Crippen LogP contribution in [-0.4, -0.2) is 70.2 Å². The Hall–Kier alpha value is -2.10. The molecule has 146 valence electrons. The van der Waals surface area contributed by atoms with Crippen LogP contribution in [0.1, 0.15) is 25.2 Å². The summed E-state index contributed by atoms with van der Waals surface area (Å²) in [5.41, 5.74) is -0.793. The van der Waals surface area contributed by atoms with Crippen LogP contribution < -0.4 is 5.32 Å². The topological polar surface area (TPSA) is 70.5 Å². The number of amides is 2. The minimum atomic E-state index is -4.56. The molecule has 1 unspecified atom stereocenters. The van der Waals surface area contributed by atoms with Crippen molar-refractivity contribution in [3.8, 4) is 0 Å². The Kier molecular flexibility index (Phi) is 5.94. The number of rotatable bonds is 4. The Labute approximate surface area is 150 Å². The van der Waals surface area contributed by atoms with Crippen molar-refractivity contribution in [1.82, 2.24) is 24.9 Å². The van der Waals surface area contributed by atoms with Gasteiger partial charge in [-0.3, -0.25) is 19.2 Å². The molecule has 1 aromatic heterocycles. The highest BCUT2D eigenvalue weighted by Gasteiger charge is 2.37. The van der Waals surface area contributed by atoms with Crippen molar-refractivity contribution in [2.45, 2.75) is 45.6 Å². The van der Waals surface area contributed by atoms with Crippen molar-refractivity contribution in [1.29, 1.82) is 0 Å². The van der Waals surface area contributed by atoms with Crippen LogP contribution in [0.25, 0.3) is 0 Å². The quantitative estimate of drug-likeness (QED) is 0.848. The summed E-state index contributed by atoms with van der Waals surface area (Å²) in [5.74, 6) is -0.723. The van der Waals surface area contributed by atoms with Gasteiger partial charge in [-0.2, -0.15) is 18.3 Å². The number of nitrogens with zero attached hydrogens (tertiary/aromatic N) is 4. The molecule has 7 nitrogen and oxygen atoms in total. The van der Waals surface area contributed by atoms with Crippen LogP contribution in [0.2, 0.25) is 0 Å². The van der Waals surface area contributed by atoms with E-state index in [-0.39, 0.29) is 24.2 Å². The molecule has 1 saturated heterocycles. The van der Waals surface area contributed by atoms with Crippen molar-refractivity contribution in [3.05, 3.63) is 17.5 Å². The molecule has 1 N–H and O–H groups in total. The van der Waals surface area contributed by atoms with Gasteiger partial charge < -0.3 is 10.2 Å².